The molecule has 23 heavy (non-hydrogen) atoms. The average molecular weight is 313 g/mol. The number of fused-ring (bicyclic) bond motifs is 2. The summed E-state index contributed by atoms with van der Waals surface area (Å²) >= 11 is 1.52. The van der Waals surface area contributed by atoms with Crippen molar-refractivity contribution in [3.63, 3.8) is 0 Å². The van der Waals surface area contributed by atoms with Gasteiger partial charge in [0.15, 0.2) is 0 Å². The van der Waals surface area contributed by atoms with Gasteiger partial charge in [0.05, 0.1) is 5.36 Å². The smallest absolute Gasteiger partial charge is 0.0873 e. The fraction of sp³-hybridized carbons (Fsp3) is 0. The van der Waals surface area contributed by atoms with Gasteiger partial charge in [-0.15, -0.1) is 0 Å². The van der Waals surface area contributed by atoms with Crippen LogP contribution in [-0.4, -0.2) is 0 Å². The van der Waals surface area contributed by atoms with Gasteiger partial charge in [0.25, 0.3) is 0 Å². The maximum Gasteiger partial charge on any atom is 0.0873 e. The monoisotopic (exact) mass is 313 g/mol. The van der Waals surface area contributed by atoms with Gasteiger partial charge in [-0.25, -0.2) is 4.40 Å². The summed E-state index contributed by atoms with van der Waals surface area (Å²) in [6.45, 7) is 0. The normalized spacial score (nSPS) is 10.8. The van der Waals surface area contributed by atoms with Crippen LogP contribution in [0, 0.1) is 0 Å². The first-order valence-electron chi connectivity index (χ1n) is 7.59. The molecule has 0 aliphatic carbocycles. The molecule has 0 atom stereocenters. The van der Waals surface area contributed by atoms with E-state index >= 15 is 0 Å². The highest BCUT2D eigenvalue weighted by molar-refractivity contribution is 7.98. The molecular formula is C21H15NS. The van der Waals surface area contributed by atoms with Crippen molar-refractivity contribution in [2.45, 2.75) is 4.90 Å². The van der Waals surface area contributed by atoms with E-state index in [-0.39, 0.29) is 0 Å². The second kappa shape index (κ2) is 6.27. The summed E-state index contributed by atoms with van der Waals surface area (Å²) < 4.78 is 4.89. The lowest BCUT2D eigenvalue weighted by Gasteiger charge is -1.97. The van der Waals surface area contributed by atoms with E-state index in [9.17, 15) is 0 Å². The van der Waals surface area contributed by atoms with E-state index < -0.39 is 0 Å². The van der Waals surface area contributed by atoms with Gasteiger partial charge in [0.2, 0.25) is 0 Å². The zero-order chi connectivity index (χ0) is 15.5. The summed E-state index contributed by atoms with van der Waals surface area (Å²) in [4.78, 5) is 1.15. The van der Waals surface area contributed by atoms with Crippen molar-refractivity contribution in [3.05, 3.63) is 96.4 Å². The Morgan fingerprint density at radius 1 is 0.522 bits per heavy atom. The third kappa shape index (κ3) is 2.86. The molecule has 0 amide bonds. The zero-order valence-corrected chi connectivity index (χ0v) is 13.3. The van der Waals surface area contributed by atoms with Crippen molar-refractivity contribution in [2.75, 3.05) is 0 Å². The van der Waals surface area contributed by atoms with Crippen molar-refractivity contribution >= 4 is 33.5 Å². The van der Waals surface area contributed by atoms with Crippen molar-refractivity contribution in [1.29, 1.82) is 0 Å². The summed E-state index contributed by atoms with van der Waals surface area (Å²) in [5.41, 5.74) is 0. The molecule has 0 bridgehead atoms. The van der Waals surface area contributed by atoms with E-state index in [0.717, 1.165) is 10.3 Å². The molecule has 4 rings (SSSR count). The molecule has 0 radical (unpaired) electrons. The van der Waals surface area contributed by atoms with Gasteiger partial charge in [-0.1, -0.05) is 78.9 Å². The number of nitrogens with zero attached hydrogens (tertiary/aromatic N) is 1. The second-order valence-corrected chi connectivity index (χ2v) is 6.19. The topological polar surface area (TPSA) is 12.4 Å². The van der Waals surface area contributed by atoms with Crippen LogP contribution in [0.5, 0.6) is 0 Å². The maximum atomic E-state index is 4.89. The summed E-state index contributed by atoms with van der Waals surface area (Å²) in [7, 11) is 0. The highest BCUT2D eigenvalue weighted by Crippen LogP contribution is 2.20. The molecule has 1 nitrogen and oxygen atoms in total. The molecular weight excluding hydrogens is 298 g/mol. The molecule has 0 spiro atoms. The average Bonchev–Trinajstić information content (AvgIpc) is 2.78. The van der Waals surface area contributed by atoms with Gasteiger partial charge >= 0.3 is 0 Å². The Balaban J connectivity index is 2.05. The number of hydrogen-bond acceptors (Lipinski definition) is 2. The van der Waals surface area contributed by atoms with Gasteiger partial charge in [-0.2, -0.15) is 0 Å². The largest absolute Gasteiger partial charge is 0.210 e. The predicted molar refractivity (Wildman–Crippen MR) is 99.3 cm³/mol. The summed E-state index contributed by atoms with van der Waals surface area (Å²) in [5, 5.41) is 5.80. The molecule has 0 unspecified atom stereocenters. The van der Waals surface area contributed by atoms with E-state index in [2.05, 4.69) is 72.8 Å². The van der Waals surface area contributed by atoms with Gasteiger partial charge in [0, 0.05) is 27.6 Å². The minimum absolute atomic E-state index is 1.04. The molecule has 0 aromatic heterocycles. The summed E-state index contributed by atoms with van der Waals surface area (Å²) in [5.74, 6) is 0. The second-order valence-electron chi connectivity index (χ2n) is 5.35. The number of benzene rings is 3. The zero-order valence-electron chi connectivity index (χ0n) is 12.5. The van der Waals surface area contributed by atoms with E-state index in [1.165, 1.54) is 33.5 Å². The maximum absolute atomic E-state index is 4.89. The third-order valence-electron chi connectivity index (χ3n) is 3.86. The molecule has 0 fully saturated rings. The van der Waals surface area contributed by atoms with E-state index in [1.807, 2.05) is 18.2 Å². The summed E-state index contributed by atoms with van der Waals surface area (Å²) in [6, 6.07) is 31.5. The lowest BCUT2D eigenvalue weighted by atomic mass is 10.1. The van der Waals surface area contributed by atoms with Crippen LogP contribution in [0.2, 0.25) is 0 Å². The van der Waals surface area contributed by atoms with E-state index in [4.69, 9.17) is 4.40 Å². The highest BCUT2D eigenvalue weighted by Gasteiger charge is 2.00. The Kier molecular flexibility index (Phi) is 3.83. The van der Waals surface area contributed by atoms with Crippen LogP contribution in [0.15, 0.2) is 100 Å². The number of hydrogen-bond donors (Lipinski definition) is 0. The lowest BCUT2D eigenvalue weighted by Crippen LogP contribution is -2.00. The minimum Gasteiger partial charge on any atom is -0.210 e. The van der Waals surface area contributed by atoms with Crippen molar-refractivity contribution in [2.24, 2.45) is 4.40 Å². The van der Waals surface area contributed by atoms with Gasteiger partial charge < -0.3 is 0 Å². The molecule has 4 aromatic carbocycles. The van der Waals surface area contributed by atoms with Crippen molar-refractivity contribution in [1.82, 2.24) is 0 Å². The van der Waals surface area contributed by atoms with Gasteiger partial charge in [-0.3, -0.25) is 0 Å². The van der Waals surface area contributed by atoms with E-state index in [1.54, 1.807) is 0 Å². The summed E-state index contributed by atoms with van der Waals surface area (Å²) in [6.07, 6.45) is 0. The number of rotatable bonds is 2. The first kappa shape index (κ1) is 14.0. The molecule has 0 aliphatic heterocycles. The molecule has 0 N–H and O–H groups in total. The van der Waals surface area contributed by atoms with Crippen LogP contribution >= 0.6 is 11.9 Å². The SMILES string of the molecule is c1ccc(SN=c2c3ccccc3ccc3ccccc23)cc1. The molecule has 0 heterocycles. The van der Waals surface area contributed by atoms with E-state index in [0.29, 0.717) is 0 Å². The molecule has 0 saturated heterocycles. The van der Waals surface area contributed by atoms with Crippen LogP contribution in [0.25, 0.3) is 21.5 Å². The molecule has 2 heteroatoms. The Hall–Kier alpha value is -2.58. The molecule has 0 saturated carbocycles. The van der Waals surface area contributed by atoms with Crippen molar-refractivity contribution in [3.8, 4) is 0 Å². The fourth-order valence-corrected chi connectivity index (χ4v) is 3.39. The third-order valence-corrected chi connectivity index (χ3v) is 4.62. The standard InChI is InChI=1S/C21H15NS/c1-2-10-18(11-3-1)23-22-21-19-12-6-4-8-16(19)14-15-17-9-5-7-13-20(17)21/h1-15H. The van der Waals surface area contributed by atoms with Gasteiger partial charge in [0.1, 0.15) is 0 Å². The van der Waals surface area contributed by atoms with Crippen LogP contribution in [0.3, 0.4) is 0 Å². The minimum atomic E-state index is 1.04. The lowest BCUT2D eigenvalue weighted by molar-refractivity contribution is 1.45. The Morgan fingerprint density at radius 2 is 1.04 bits per heavy atom. The Bertz CT molecular complexity index is 978. The van der Waals surface area contributed by atoms with Crippen LogP contribution < -0.4 is 5.36 Å². The Morgan fingerprint density at radius 3 is 1.65 bits per heavy atom. The van der Waals surface area contributed by atoms with Crippen LogP contribution in [0.1, 0.15) is 0 Å². The Labute approximate surface area is 139 Å². The van der Waals surface area contributed by atoms with Crippen LogP contribution in [-0.2, 0) is 0 Å². The molecule has 0 aliphatic rings. The van der Waals surface area contributed by atoms with Crippen LogP contribution in [0.4, 0.5) is 0 Å². The highest BCUT2D eigenvalue weighted by atomic mass is 32.2. The van der Waals surface area contributed by atoms with Crippen molar-refractivity contribution < 1.29 is 0 Å². The molecule has 4 aromatic rings. The first-order chi connectivity index (χ1) is 11.4. The quantitative estimate of drug-likeness (QED) is 0.439. The fourth-order valence-electron chi connectivity index (χ4n) is 2.72. The first-order valence-corrected chi connectivity index (χ1v) is 8.36. The molecule has 110 valence electrons. The predicted octanol–water partition coefficient (Wildman–Crippen LogP) is 5.60. The van der Waals surface area contributed by atoms with Gasteiger partial charge in [-0.05, 0) is 22.9 Å².